The minimum absolute atomic E-state index is 0.0790. The second-order valence-electron chi connectivity index (χ2n) is 12.7. The molecule has 0 spiro atoms. The van der Waals surface area contributed by atoms with E-state index in [2.05, 4.69) is 32.4 Å². The summed E-state index contributed by atoms with van der Waals surface area (Å²) >= 11 is 0. The van der Waals surface area contributed by atoms with Crippen LogP contribution in [0.3, 0.4) is 0 Å². The number of aromatic amines is 2. The molecule has 48 heavy (non-hydrogen) atoms. The van der Waals surface area contributed by atoms with Crippen LogP contribution in [0.5, 0.6) is 0 Å². The minimum Gasteiger partial charge on any atom is -0.345 e. The van der Waals surface area contributed by atoms with Gasteiger partial charge in [0, 0.05) is 38.1 Å². The van der Waals surface area contributed by atoms with Crippen molar-refractivity contribution in [2.75, 3.05) is 13.1 Å². The molecule has 12 heteroatoms. The molecule has 4 aromatic rings. The van der Waals surface area contributed by atoms with Gasteiger partial charge in [0.2, 0.25) is 23.6 Å². The third-order valence-corrected chi connectivity index (χ3v) is 9.22. The van der Waals surface area contributed by atoms with Gasteiger partial charge in [0.05, 0.1) is 34.2 Å². The van der Waals surface area contributed by atoms with Gasteiger partial charge in [-0.2, -0.15) is 0 Å². The maximum absolute atomic E-state index is 13.3. The predicted molar refractivity (Wildman–Crippen MR) is 181 cm³/mol. The molecule has 0 aliphatic carbocycles. The van der Waals surface area contributed by atoms with Crippen LogP contribution in [-0.4, -0.2) is 78.5 Å². The summed E-state index contributed by atoms with van der Waals surface area (Å²) in [6.07, 6.45) is 4.41. The van der Waals surface area contributed by atoms with E-state index in [-0.39, 0.29) is 35.7 Å². The third kappa shape index (κ3) is 6.76. The quantitative estimate of drug-likeness (QED) is 0.211. The van der Waals surface area contributed by atoms with Gasteiger partial charge in [0.1, 0.15) is 23.7 Å². The highest BCUT2D eigenvalue weighted by molar-refractivity contribution is 5.88. The van der Waals surface area contributed by atoms with Gasteiger partial charge in [-0.25, -0.2) is 9.97 Å². The fourth-order valence-corrected chi connectivity index (χ4v) is 6.87. The number of carbonyl (C=O) groups is 4. The zero-order valence-electron chi connectivity index (χ0n) is 27.9. The number of amides is 4. The number of nitrogens with one attached hydrogen (secondary N) is 4. The van der Waals surface area contributed by atoms with E-state index in [0.29, 0.717) is 25.9 Å². The molecule has 2 aromatic heterocycles. The smallest absolute Gasteiger partial charge is 0.245 e. The lowest BCUT2D eigenvalue weighted by Crippen LogP contribution is -2.47. The van der Waals surface area contributed by atoms with E-state index in [0.717, 1.165) is 70.5 Å². The average molecular weight is 651 g/mol. The molecule has 0 radical (unpaired) electrons. The Balaban J connectivity index is 1.18. The molecular weight excluding hydrogens is 608 g/mol. The lowest BCUT2D eigenvalue weighted by atomic mass is 10.1. The Morgan fingerprint density at radius 3 is 1.54 bits per heavy atom. The van der Waals surface area contributed by atoms with Crippen LogP contribution in [0.1, 0.15) is 101 Å². The van der Waals surface area contributed by atoms with Gasteiger partial charge < -0.3 is 30.4 Å². The zero-order valence-corrected chi connectivity index (χ0v) is 27.9. The van der Waals surface area contributed by atoms with Crippen LogP contribution in [-0.2, 0) is 19.2 Å². The van der Waals surface area contributed by atoms with E-state index < -0.39 is 12.1 Å². The number of hydrogen-bond acceptors (Lipinski definition) is 6. The molecule has 12 nitrogen and oxygen atoms in total. The average Bonchev–Trinajstić information content (AvgIpc) is 3.88. The summed E-state index contributed by atoms with van der Waals surface area (Å²) in [6.45, 7) is 7.90. The number of aromatic nitrogens is 4. The summed E-state index contributed by atoms with van der Waals surface area (Å²) in [6, 6.07) is 10.2. The highest BCUT2D eigenvalue weighted by atomic mass is 16.2. The normalized spacial score (nSPS) is 18.8. The molecule has 2 saturated heterocycles. The monoisotopic (exact) mass is 650 g/mol. The van der Waals surface area contributed by atoms with Crippen molar-refractivity contribution in [3.05, 3.63) is 59.2 Å². The summed E-state index contributed by atoms with van der Waals surface area (Å²) in [7, 11) is 0. The van der Waals surface area contributed by atoms with Crippen molar-refractivity contribution in [2.45, 2.75) is 90.4 Å². The number of likely N-dealkylation sites (tertiary alicyclic amines) is 2. The SMILES string of the molecule is CC[C@H](NC(C)=O)C(=O)N1CCC[C@H]1c1nc2ccc(C#Cc3ccc4nc([C@@H]5CCCN5C(=O)[C@H](CC)NC(C)=O)[nH]c4c3)cc2[nH]1. The van der Waals surface area contributed by atoms with Crippen LogP contribution in [0.2, 0.25) is 0 Å². The number of H-pyrrole nitrogens is 2. The lowest BCUT2D eigenvalue weighted by molar-refractivity contribution is -0.137. The van der Waals surface area contributed by atoms with E-state index in [1.807, 2.05) is 60.0 Å². The fourth-order valence-electron chi connectivity index (χ4n) is 6.87. The Labute approximate surface area is 279 Å². The number of rotatable bonds is 8. The van der Waals surface area contributed by atoms with Gasteiger partial charge in [0.15, 0.2) is 0 Å². The Kier molecular flexibility index (Phi) is 9.48. The summed E-state index contributed by atoms with van der Waals surface area (Å²) < 4.78 is 0. The Hall–Kier alpha value is -5.18. The van der Waals surface area contributed by atoms with E-state index in [9.17, 15) is 19.2 Å². The first-order chi connectivity index (χ1) is 23.1. The molecule has 2 aliphatic rings. The second kappa shape index (κ2) is 13.9. The molecule has 2 aromatic carbocycles. The van der Waals surface area contributed by atoms with Gasteiger partial charge in [0.25, 0.3) is 0 Å². The molecule has 2 aliphatic heterocycles. The van der Waals surface area contributed by atoms with Crippen molar-refractivity contribution >= 4 is 45.7 Å². The van der Waals surface area contributed by atoms with E-state index in [1.165, 1.54) is 13.8 Å². The number of carbonyl (C=O) groups excluding carboxylic acids is 4. The van der Waals surface area contributed by atoms with Gasteiger partial charge in [-0.05, 0) is 74.9 Å². The number of fused-ring (bicyclic) bond motifs is 2. The first-order valence-electron chi connectivity index (χ1n) is 16.8. The largest absolute Gasteiger partial charge is 0.345 e. The number of benzene rings is 2. The van der Waals surface area contributed by atoms with Crippen LogP contribution in [0.4, 0.5) is 0 Å². The number of nitrogens with zero attached hydrogens (tertiary/aromatic N) is 4. The maximum Gasteiger partial charge on any atom is 0.245 e. The first kappa shape index (κ1) is 32.7. The van der Waals surface area contributed by atoms with Crippen molar-refractivity contribution in [1.29, 1.82) is 0 Å². The summed E-state index contributed by atoms with van der Waals surface area (Å²) in [5, 5.41) is 5.55. The molecule has 6 rings (SSSR count). The predicted octanol–water partition coefficient (Wildman–Crippen LogP) is 4.00. The molecule has 2 fully saturated rings. The van der Waals surface area contributed by atoms with Crippen molar-refractivity contribution < 1.29 is 19.2 Å². The highest BCUT2D eigenvalue weighted by Gasteiger charge is 2.36. The Morgan fingerprint density at radius 1 is 0.750 bits per heavy atom. The van der Waals surface area contributed by atoms with Crippen LogP contribution in [0, 0.1) is 11.8 Å². The van der Waals surface area contributed by atoms with E-state index >= 15 is 0 Å². The zero-order chi connectivity index (χ0) is 33.9. The topological polar surface area (TPSA) is 156 Å². The van der Waals surface area contributed by atoms with Gasteiger partial charge in [-0.3, -0.25) is 19.2 Å². The molecule has 4 amide bonds. The molecule has 250 valence electrons. The molecule has 4 N–H and O–H groups in total. The fraction of sp³-hybridized carbons (Fsp3) is 0.444. The second-order valence-corrected chi connectivity index (χ2v) is 12.7. The highest BCUT2D eigenvalue weighted by Crippen LogP contribution is 2.33. The summed E-state index contributed by atoms with van der Waals surface area (Å²) in [4.78, 5) is 69.9. The van der Waals surface area contributed by atoms with Crippen LogP contribution in [0.25, 0.3) is 22.1 Å². The number of imidazole rings is 2. The van der Waals surface area contributed by atoms with Crippen molar-refractivity contribution in [2.24, 2.45) is 0 Å². The van der Waals surface area contributed by atoms with E-state index in [1.54, 1.807) is 0 Å². The summed E-state index contributed by atoms with van der Waals surface area (Å²) in [5.74, 6) is 7.40. The number of hydrogen-bond donors (Lipinski definition) is 4. The Bertz CT molecular complexity index is 1800. The molecule has 0 saturated carbocycles. The molecule has 4 atom stereocenters. The Morgan fingerprint density at radius 2 is 1.17 bits per heavy atom. The van der Waals surface area contributed by atoms with Gasteiger partial charge in [-0.15, -0.1) is 0 Å². The van der Waals surface area contributed by atoms with Gasteiger partial charge in [-0.1, -0.05) is 25.7 Å². The van der Waals surface area contributed by atoms with Crippen LogP contribution < -0.4 is 10.6 Å². The van der Waals surface area contributed by atoms with Crippen molar-refractivity contribution in [1.82, 2.24) is 40.4 Å². The van der Waals surface area contributed by atoms with Crippen molar-refractivity contribution in [3.63, 3.8) is 0 Å². The molecule has 0 bridgehead atoms. The molecular formula is C36H42N8O4. The molecule has 0 unspecified atom stereocenters. The summed E-state index contributed by atoms with van der Waals surface area (Å²) in [5.41, 5.74) is 4.94. The molecule has 4 heterocycles. The van der Waals surface area contributed by atoms with Crippen LogP contribution in [0.15, 0.2) is 36.4 Å². The van der Waals surface area contributed by atoms with E-state index in [4.69, 9.17) is 9.97 Å². The van der Waals surface area contributed by atoms with Gasteiger partial charge >= 0.3 is 0 Å². The van der Waals surface area contributed by atoms with Crippen LogP contribution >= 0.6 is 0 Å². The third-order valence-electron chi connectivity index (χ3n) is 9.22. The minimum atomic E-state index is -0.543. The lowest BCUT2D eigenvalue weighted by Gasteiger charge is -2.27. The first-order valence-corrected chi connectivity index (χ1v) is 16.8. The standard InChI is InChI=1S/C36H42N8O4/c1-5-25(37-21(3)45)35(47)43-17-7-9-31(43)33-39-27-15-13-23(19-29(27)41-33)11-12-24-14-16-28-30(20-24)42-34(40-28)32-10-8-18-44(32)36(48)26(6-2)38-22(4)46/h13-16,19-20,25-26,31-32H,5-10,17-18H2,1-4H3,(H,37,45)(H,38,46)(H,39,41)(H,40,42)/t25-,26-,31-,32-/m0/s1. The maximum atomic E-state index is 13.3. The van der Waals surface area contributed by atoms with Crippen molar-refractivity contribution in [3.8, 4) is 11.8 Å².